The number of nitrogens with two attached hydrogens (primary N) is 1. The van der Waals surface area contributed by atoms with Crippen LogP contribution in [0, 0.1) is 6.92 Å². The lowest BCUT2D eigenvalue weighted by molar-refractivity contribution is 0.544. The van der Waals surface area contributed by atoms with Crippen molar-refractivity contribution in [3.63, 3.8) is 0 Å². The van der Waals surface area contributed by atoms with E-state index in [-0.39, 0.29) is 0 Å². The summed E-state index contributed by atoms with van der Waals surface area (Å²) in [6, 6.07) is 10.5. The molecule has 0 unspecified atom stereocenters. The smallest absolute Gasteiger partial charge is 0.145 e. The number of hydrogen-bond donors (Lipinski definition) is 1. The monoisotopic (exact) mass is 240 g/mol. The van der Waals surface area contributed by atoms with Crippen molar-refractivity contribution >= 4 is 16.7 Å². The molecule has 2 N–H and O–H groups in total. The van der Waals surface area contributed by atoms with Crippen LogP contribution in [0.1, 0.15) is 5.56 Å². The summed E-state index contributed by atoms with van der Waals surface area (Å²) < 4.78 is 4.11. The lowest BCUT2D eigenvalue weighted by Crippen LogP contribution is -2.07. The normalized spacial score (nSPS) is 11.2. The first-order valence-electron chi connectivity index (χ1n) is 6.07. The van der Waals surface area contributed by atoms with E-state index in [1.54, 1.807) is 0 Å². The highest BCUT2D eigenvalue weighted by Crippen LogP contribution is 2.17. The maximum atomic E-state index is 5.60. The molecule has 0 fully saturated rings. The van der Waals surface area contributed by atoms with Crippen LogP contribution in [-0.2, 0) is 13.1 Å². The van der Waals surface area contributed by atoms with E-state index >= 15 is 0 Å². The highest BCUT2D eigenvalue weighted by Gasteiger charge is 2.01. The molecule has 0 bridgehead atoms. The van der Waals surface area contributed by atoms with Crippen molar-refractivity contribution in [2.45, 2.75) is 20.0 Å². The Morgan fingerprint density at radius 3 is 2.78 bits per heavy atom. The highest BCUT2D eigenvalue weighted by atomic mass is 15.3. The second-order valence-electron chi connectivity index (χ2n) is 4.58. The van der Waals surface area contributed by atoms with Crippen molar-refractivity contribution < 1.29 is 0 Å². The number of rotatable bonds is 3. The van der Waals surface area contributed by atoms with Gasteiger partial charge in [-0.05, 0) is 36.6 Å². The number of nitrogen functional groups attached to an aromatic ring is 1. The second kappa shape index (κ2) is 4.22. The molecule has 0 spiro atoms. The molecule has 4 nitrogen and oxygen atoms in total. The van der Waals surface area contributed by atoms with Gasteiger partial charge in [-0.15, -0.1) is 0 Å². The maximum absolute atomic E-state index is 5.60. The molecule has 18 heavy (non-hydrogen) atoms. The summed E-state index contributed by atoms with van der Waals surface area (Å²) in [5.74, 6) is 0.572. The zero-order valence-electron chi connectivity index (χ0n) is 10.4. The minimum atomic E-state index is 0.572. The van der Waals surface area contributed by atoms with Crippen LogP contribution in [0.15, 0.2) is 42.7 Å². The van der Waals surface area contributed by atoms with Crippen molar-refractivity contribution in [3.8, 4) is 0 Å². The summed E-state index contributed by atoms with van der Waals surface area (Å²) in [6.45, 7) is 3.84. The third kappa shape index (κ3) is 1.97. The molecule has 0 aliphatic rings. The largest absolute Gasteiger partial charge is 0.382 e. The van der Waals surface area contributed by atoms with Gasteiger partial charge in [-0.3, -0.25) is 4.68 Å². The molecule has 2 heterocycles. The third-order valence-corrected chi connectivity index (χ3v) is 3.16. The van der Waals surface area contributed by atoms with Crippen molar-refractivity contribution in [2.75, 3.05) is 5.73 Å². The van der Waals surface area contributed by atoms with E-state index in [2.05, 4.69) is 47.1 Å². The van der Waals surface area contributed by atoms with E-state index in [1.807, 2.05) is 16.9 Å². The van der Waals surface area contributed by atoms with E-state index in [1.165, 1.54) is 16.5 Å². The standard InChI is InChI=1S/C14H16N4/c1-11-2-3-13-12(10-11)4-6-17(13)8-9-18-7-5-14(15)16-18/h2-7,10H,8-9H2,1H3,(H2,15,16). The van der Waals surface area contributed by atoms with Gasteiger partial charge in [0, 0.05) is 24.5 Å². The van der Waals surface area contributed by atoms with Crippen molar-refractivity contribution in [3.05, 3.63) is 48.3 Å². The lowest BCUT2D eigenvalue weighted by atomic mass is 10.2. The van der Waals surface area contributed by atoms with Gasteiger partial charge in [-0.1, -0.05) is 11.6 Å². The molecule has 1 aromatic carbocycles. The maximum Gasteiger partial charge on any atom is 0.145 e. The molecule has 2 aromatic heterocycles. The fourth-order valence-corrected chi connectivity index (χ4v) is 2.23. The molecule has 0 aliphatic heterocycles. The summed E-state index contributed by atoms with van der Waals surface area (Å²) in [5, 5.41) is 5.47. The molecule has 0 aliphatic carbocycles. The van der Waals surface area contributed by atoms with Gasteiger partial charge in [-0.2, -0.15) is 5.10 Å². The van der Waals surface area contributed by atoms with Crippen LogP contribution in [-0.4, -0.2) is 14.3 Å². The topological polar surface area (TPSA) is 48.8 Å². The predicted molar refractivity (Wildman–Crippen MR) is 73.3 cm³/mol. The number of benzene rings is 1. The molecule has 92 valence electrons. The molecule has 0 radical (unpaired) electrons. The molecule has 0 saturated carbocycles. The first-order valence-corrected chi connectivity index (χ1v) is 6.07. The fraction of sp³-hybridized carbons (Fsp3) is 0.214. The van der Waals surface area contributed by atoms with Gasteiger partial charge in [0.05, 0.1) is 6.54 Å². The van der Waals surface area contributed by atoms with Gasteiger partial charge < -0.3 is 10.3 Å². The summed E-state index contributed by atoms with van der Waals surface area (Å²) in [5.41, 5.74) is 8.15. The molecule has 3 rings (SSSR count). The lowest BCUT2D eigenvalue weighted by Gasteiger charge is -2.06. The van der Waals surface area contributed by atoms with E-state index in [0.29, 0.717) is 5.82 Å². The Morgan fingerprint density at radius 2 is 2.00 bits per heavy atom. The second-order valence-corrected chi connectivity index (χ2v) is 4.58. The Bertz CT molecular complexity index is 678. The van der Waals surface area contributed by atoms with Gasteiger partial charge in [0.25, 0.3) is 0 Å². The molecule has 3 aromatic rings. The number of fused-ring (bicyclic) bond motifs is 1. The third-order valence-electron chi connectivity index (χ3n) is 3.16. The first-order chi connectivity index (χ1) is 8.72. The Balaban J connectivity index is 1.82. The number of hydrogen-bond acceptors (Lipinski definition) is 2. The SMILES string of the molecule is Cc1ccc2c(ccn2CCn2ccc(N)n2)c1. The van der Waals surface area contributed by atoms with Crippen molar-refractivity contribution in [1.82, 2.24) is 14.3 Å². The highest BCUT2D eigenvalue weighted by molar-refractivity contribution is 5.80. The molecule has 0 amide bonds. The number of aryl methyl sites for hydroxylation is 3. The van der Waals surface area contributed by atoms with E-state index < -0.39 is 0 Å². The predicted octanol–water partition coefficient (Wildman–Crippen LogP) is 2.43. The Hall–Kier alpha value is -2.23. The van der Waals surface area contributed by atoms with Gasteiger partial charge in [0.2, 0.25) is 0 Å². The minimum absolute atomic E-state index is 0.572. The molecule has 0 atom stereocenters. The number of anilines is 1. The number of nitrogens with zero attached hydrogens (tertiary/aromatic N) is 3. The van der Waals surface area contributed by atoms with E-state index in [0.717, 1.165) is 13.1 Å². The van der Waals surface area contributed by atoms with Crippen molar-refractivity contribution in [1.29, 1.82) is 0 Å². The zero-order valence-corrected chi connectivity index (χ0v) is 10.4. The Labute approximate surface area is 106 Å². The fourth-order valence-electron chi connectivity index (χ4n) is 2.23. The summed E-state index contributed by atoms with van der Waals surface area (Å²) in [4.78, 5) is 0. The van der Waals surface area contributed by atoms with Crippen molar-refractivity contribution in [2.24, 2.45) is 0 Å². The Kier molecular flexibility index (Phi) is 2.55. The molecule has 0 saturated heterocycles. The van der Waals surface area contributed by atoms with Gasteiger partial charge in [-0.25, -0.2) is 0 Å². The summed E-state index contributed by atoms with van der Waals surface area (Å²) in [7, 11) is 0. The summed E-state index contributed by atoms with van der Waals surface area (Å²) >= 11 is 0. The average molecular weight is 240 g/mol. The number of aromatic nitrogens is 3. The minimum Gasteiger partial charge on any atom is -0.382 e. The molecule has 4 heteroatoms. The first kappa shape index (κ1) is 10.9. The molecular formula is C14H16N4. The summed E-state index contributed by atoms with van der Waals surface area (Å²) in [6.07, 6.45) is 4.03. The van der Waals surface area contributed by atoms with Crippen LogP contribution in [0.2, 0.25) is 0 Å². The van der Waals surface area contributed by atoms with Crippen LogP contribution in [0.3, 0.4) is 0 Å². The Morgan fingerprint density at radius 1 is 1.11 bits per heavy atom. The van der Waals surface area contributed by atoms with E-state index in [9.17, 15) is 0 Å². The van der Waals surface area contributed by atoms with E-state index in [4.69, 9.17) is 5.73 Å². The van der Waals surface area contributed by atoms with Gasteiger partial charge >= 0.3 is 0 Å². The quantitative estimate of drug-likeness (QED) is 0.764. The zero-order chi connectivity index (χ0) is 12.5. The van der Waals surface area contributed by atoms with Crippen LogP contribution in [0.4, 0.5) is 5.82 Å². The molecular weight excluding hydrogens is 224 g/mol. The van der Waals surface area contributed by atoms with Crippen LogP contribution in [0.25, 0.3) is 10.9 Å². The average Bonchev–Trinajstić information content (AvgIpc) is 2.92. The van der Waals surface area contributed by atoms with Crippen LogP contribution >= 0.6 is 0 Å². The van der Waals surface area contributed by atoms with Gasteiger partial charge in [0.1, 0.15) is 5.82 Å². The van der Waals surface area contributed by atoms with Gasteiger partial charge in [0.15, 0.2) is 0 Å². The van der Waals surface area contributed by atoms with Crippen LogP contribution in [0.5, 0.6) is 0 Å². The van der Waals surface area contributed by atoms with Crippen LogP contribution < -0.4 is 5.73 Å².